The summed E-state index contributed by atoms with van der Waals surface area (Å²) in [7, 11) is 1.64. The van der Waals surface area contributed by atoms with Crippen molar-refractivity contribution in [3.63, 3.8) is 0 Å². The number of methoxy groups -OCH3 is 1. The topological polar surface area (TPSA) is 61.8 Å². The first kappa shape index (κ1) is 18.4. The third-order valence-electron chi connectivity index (χ3n) is 5.72. The quantitative estimate of drug-likeness (QED) is 0.338. The first-order valence-corrected chi connectivity index (χ1v) is 9.82. The molecule has 0 saturated carbocycles. The van der Waals surface area contributed by atoms with Crippen molar-refractivity contribution in [2.45, 2.75) is 26.2 Å². The van der Waals surface area contributed by atoms with Gasteiger partial charge in [0.25, 0.3) is 0 Å². The van der Waals surface area contributed by atoms with Crippen LogP contribution in [-0.4, -0.2) is 18.9 Å². The molecule has 5 heteroatoms. The van der Waals surface area contributed by atoms with E-state index in [1.807, 2.05) is 50.2 Å². The van der Waals surface area contributed by atoms with E-state index in [1.54, 1.807) is 19.2 Å². The molecule has 3 aromatic carbocycles. The Bertz CT molecular complexity index is 1260. The van der Waals surface area contributed by atoms with Crippen molar-refractivity contribution in [2.75, 3.05) is 7.11 Å². The molecule has 0 radical (unpaired) electrons. The van der Waals surface area contributed by atoms with Gasteiger partial charge in [-0.3, -0.25) is 9.59 Å². The predicted molar refractivity (Wildman–Crippen MR) is 112 cm³/mol. The Morgan fingerprint density at radius 1 is 0.967 bits per heavy atom. The molecule has 150 valence electrons. The van der Waals surface area contributed by atoms with Gasteiger partial charge >= 0.3 is 5.97 Å². The van der Waals surface area contributed by atoms with Gasteiger partial charge in [-0.05, 0) is 48.6 Å². The van der Waals surface area contributed by atoms with Crippen LogP contribution in [0.2, 0.25) is 0 Å². The summed E-state index contributed by atoms with van der Waals surface area (Å²) in [5.41, 5.74) is 3.03. The van der Waals surface area contributed by atoms with Gasteiger partial charge in [0.1, 0.15) is 17.2 Å². The molecular weight excluding hydrogens is 380 g/mol. The number of Topliss-reactive ketones (excluding diaryl/α,β-unsaturated/α-hetero) is 1. The van der Waals surface area contributed by atoms with Crippen LogP contribution in [0.25, 0.3) is 10.8 Å². The smallest absolute Gasteiger partial charge is 0.312 e. The summed E-state index contributed by atoms with van der Waals surface area (Å²) >= 11 is 0. The largest absolute Gasteiger partial charge is 0.496 e. The third kappa shape index (κ3) is 2.62. The van der Waals surface area contributed by atoms with Crippen LogP contribution in [-0.2, 0) is 4.79 Å². The predicted octanol–water partition coefficient (Wildman–Crippen LogP) is 5.16. The van der Waals surface area contributed by atoms with Gasteiger partial charge in [0, 0.05) is 16.9 Å². The number of hydrogen-bond donors (Lipinski definition) is 0. The standard InChI is InChI=1S/C25H20O5/c1-13(2)24-23(27)17-9-11-20-22(25(17)30-24)18(12-21(26)29-20)15-8-10-19(28-3)16-7-5-4-6-14(15)16/h4-11,18H,12H2,1-3H3/t18-/m0/s1. The lowest BCUT2D eigenvalue weighted by Gasteiger charge is -2.27. The number of carbonyl (C=O) groups is 2. The Kier molecular flexibility index (Phi) is 4.13. The second-order valence-corrected chi connectivity index (χ2v) is 7.75. The van der Waals surface area contributed by atoms with Gasteiger partial charge in [0.2, 0.25) is 5.78 Å². The highest BCUT2D eigenvalue weighted by Crippen LogP contribution is 2.50. The van der Waals surface area contributed by atoms with Crippen molar-refractivity contribution in [3.8, 4) is 17.2 Å². The zero-order chi connectivity index (χ0) is 21.0. The lowest BCUT2D eigenvalue weighted by atomic mass is 9.82. The van der Waals surface area contributed by atoms with Crippen LogP contribution < -0.4 is 14.2 Å². The number of allylic oxidation sites excluding steroid dienone is 2. The third-order valence-corrected chi connectivity index (χ3v) is 5.72. The summed E-state index contributed by atoms with van der Waals surface area (Å²) in [5, 5.41) is 1.96. The van der Waals surface area contributed by atoms with E-state index in [2.05, 4.69) is 0 Å². The minimum absolute atomic E-state index is 0.136. The SMILES string of the molecule is COc1ccc([C@@H]2CC(=O)Oc3ccc4c(c32)OC(=C(C)C)C4=O)c2ccccc12. The Morgan fingerprint density at radius 3 is 2.47 bits per heavy atom. The summed E-state index contributed by atoms with van der Waals surface area (Å²) in [6, 6.07) is 15.2. The minimum atomic E-state index is -0.306. The first-order valence-electron chi connectivity index (χ1n) is 9.82. The van der Waals surface area contributed by atoms with Crippen LogP contribution in [0.5, 0.6) is 17.2 Å². The number of ether oxygens (including phenoxy) is 3. The molecule has 2 aliphatic rings. The van der Waals surface area contributed by atoms with Crippen molar-refractivity contribution in [1.29, 1.82) is 0 Å². The highest BCUT2D eigenvalue weighted by molar-refractivity contribution is 6.13. The molecule has 0 saturated heterocycles. The summed E-state index contributed by atoms with van der Waals surface area (Å²) in [5.74, 6) is 1.31. The molecule has 5 nitrogen and oxygen atoms in total. The molecule has 0 N–H and O–H groups in total. The highest BCUT2D eigenvalue weighted by atomic mass is 16.5. The minimum Gasteiger partial charge on any atom is -0.496 e. The maximum atomic E-state index is 12.8. The maximum absolute atomic E-state index is 12.8. The van der Waals surface area contributed by atoms with Crippen LogP contribution >= 0.6 is 0 Å². The highest BCUT2D eigenvalue weighted by Gasteiger charge is 2.39. The van der Waals surface area contributed by atoms with E-state index < -0.39 is 0 Å². The Labute approximate surface area is 173 Å². The van der Waals surface area contributed by atoms with Gasteiger partial charge < -0.3 is 14.2 Å². The number of fused-ring (bicyclic) bond motifs is 4. The van der Waals surface area contributed by atoms with Gasteiger partial charge in [0.05, 0.1) is 19.1 Å². The number of hydrogen-bond acceptors (Lipinski definition) is 5. The summed E-state index contributed by atoms with van der Waals surface area (Å²) in [6.45, 7) is 3.69. The van der Waals surface area contributed by atoms with Gasteiger partial charge in [-0.1, -0.05) is 30.3 Å². The maximum Gasteiger partial charge on any atom is 0.312 e. The van der Waals surface area contributed by atoms with Crippen LogP contribution in [0, 0.1) is 0 Å². The zero-order valence-electron chi connectivity index (χ0n) is 16.9. The van der Waals surface area contributed by atoms with Crippen LogP contribution in [0.3, 0.4) is 0 Å². The molecule has 2 heterocycles. The molecule has 0 fully saturated rings. The first-order chi connectivity index (χ1) is 14.5. The average molecular weight is 400 g/mol. The number of benzene rings is 3. The van der Waals surface area contributed by atoms with E-state index in [0.29, 0.717) is 22.8 Å². The van der Waals surface area contributed by atoms with E-state index in [0.717, 1.165) is 33.2 Å². The molecule has 3 aromatic rings. The van der Waals surface area contributed by atoms with Gasteiger partial charge in [0.15, 0.2) is 5.76 Å². The molecule has 1 atom stereocenters. The van der Waals surface area contributed by atoms with Crippen molar-refractivity contribution in [1.82, 2.24) is 0 Å². The number of rotatable bonds is 2. The van der Waals surface area contributed by atoms with E-state index in [4.69, 9.17) is 14.2 Å². The molecule has 0 aliphatic carbocycles. The van der Waals surface area contributed by atoms with E-state index in [-0.39, 0.29) is 24.1 Å². The summed E-state index contributed by atoms with van der Waals surface area (Å²) in [6.07, 6.45) is 0.168. The molecule has 0 spiro atoms. The average Bonchev–Trinajstić information content (AvgIpc) is 3.09. The fourth-order valence-corrected chi connectivity index (χ4v) is 4.36. The van der Waals surface area contributed by atoms with Gasteiger partial charge in [-0.15, -0.1) is 0 Å². The fraction of sp³-hybridized carbons (Fsp3) is 0.200. The van der Waals surface area contributed by atoms with E-state index in [9.17, 15) is 9.59 Å². The van der Waals surface area contributed by atoms with Crippen LogP contribution in [0.15, 0.2) is 59.9 Å². The van der Waals surface area contributed by atoms with E-state index in [1.165, 1.54) is 0 Å². The Morgan fingerprint density at radius 2 is 1.73 bits per heavy atom. The molecular formula is C25H20O5. The number of esters is 1. The van der Waals surface area contributed by atoms with E-state index >= 15 is 0 Å². The second kappa shape index (κ2) is 6.73. The number of carbonyl (C=O) groups excluding carboxylic acids is 2. The lowest BCUT2D eigenvalue weighted by Crippen LogP contribution is -2.21. The van der Waals surface area contributed by atoms with Crippen molar-refractivity contribution >= 4 is 22.5 Å². The van der Waals surface area contributed by atoms with Gasteiger partial charge in [-0.2, -0.15) is 0 Å². The fourth-order valence-electron chi connectivity index (χ4n) is 4.36. The number of ketones is 1. The van der Waals surface area contributed by atoms with Gasteiger partial charge in [-0.25, -0.2) is 0 Å². The van der Waals surface area contributed by atoms with Crippen molar-refractivity contribution < 1.29 is 23.8 Å². The molecule has 0 unspecified atom stereocenters. The molecule has 2 aliphatic heterocycles. The Hall–Kier alpha value is -3.60. The molecule has 0 aromatic heterocycles. The molecule has 0 bridgehead atoms. The lowest BCUT2D eigenvalue weighted by molar-refractivity contribution is -0.135. The monoisotopic (exact) mass is 400 g/mol. The summed E-state index contributed by atoms with van der Waals surface area (Å²) < 4.78 is 17.1. The van der Waals surface area contributed by atoms with Crippen LogP contribution in [0.1, 0.15) is 47.7 Å². The second-order valence-electron chi connectivity index (χ2n) is 7.75. The zero-order valence-corrected chi connectivity index (χ0v) is 16.9. The molecule has 5 rings (SSSR count). The van der Waals surface area contributed by atoms with Crippen LogP contribution in [0.4, 0.5) is 0 Å². The van der Waals surface area contributed by atoms with Crippen molar-refractivity contribution in [3.05, 3.63) is 76.6 Å². The van der Waals surface area contributed by atoms with Crippen molar-refractivity contribution in [2.24, 2.45) is 0 Å². The molecule has 0 amide bonds. The summed E-state index contributed by atoms with van der Waals surface area (Å²) in [4.78, 5) is 25.3. The molecule has 30 heavy (non-hydrogen) atoms. The Balaban J connectivity index is 1.77. The normalized spacial score (nSPS) is 17.3.